The Morgan fingerprint density at radius 1 is 0.935 bits per heavy atom. The molecule has 1 aliphatic heterocycles. The van der Waals surface area contributed by atoms with Crippen LogP contribution in [0.15, 0.2) is 71.3 Å². The number of rotatable bonds is 5. The zero-order valence-corrected chi connectivity index (χ0v) is 17.9. The largest absolute Gasteiger partial charge is 0.378 e. The van der Waals surface area contributed by atoms with Crippen molar-refractivity contribution in [2.45, 2.75) is 12.5 Å². The molecule has 160 valence electrons. The number of nitrogens with two attached hydrogens (primary N) is 1. The first-order valence-electron chi connectivity index (χ1n) is 10.3. The maximum atomic E-state index is 6.67. The Hall–Kier alpha value is -2.93. The second kappa shape index (κ2) is 9.47. The molecular weight excluding hydrogens is 412 g/mol. The summed E-state index contributed by atoms with van der Waals surface area (Å²) < 4.78 is 11.0. The number of hydrogen-bond donors (Lipinski definition) is 1. The molecule has 1 fully saturated rings. The van der Waals surface area contributed by atoms with Crippen molar-refractivity contribution in [2.24, 2.45) is 5.73 Å². The molecule has 4 aromatic rings. The Morgan fingerprint density at radius 2 is 1.71 bits per heavy atom. The van der Waals surface area contributed by atoms with Gasteiger partial charge in [0, 0.05) is 42.2 Å². The van der Waals surface area contributed by atoms with Gasteiger partial charge in [0.15, 0.2) is 5.58 Å². The van der Waals surface area contributed by atoms with Crippen molar-refractivity contribution in [3.05, 3.63) is 78.0 Å². The first-order valence-corrected chi connectivity index (χ1v) is 10.3. The van der Waals surface area contributed by atoms with Crippen LogP contribution in [0.25, 0.3) is 22.2 Å². The van der Waals surface area contributed by atoms with Crippen molar-refractivity contribution in [3.8, 4) is 11.3 Å². The number of para-hydroxylation sites is 1. The predicted molar refractivity (Wildman–Crippen MR) is 125 cm³/mol. The third-order valence-electron chi connectivity index (χ3n) is 5.55. The molecular formula is C24H25ClN4O2. The number of nitrogens with zero attached hydrogens (tertiary/aromatic N) is 3. The van der Waals surface area contributed by atoms with Gasteiger partial charge in [-0.05, 0) is 29.8 Å². The summed E-state index contributed by atoms with van der Waals surface area (Å²) in [5, 5.41) is 5.32. The van der Waals surface area contributed by atoms with Gasteiger partial charge < -0.3 is 19.9 Å². The monoisotopic (exact) mass is 436 g/mol. The molecule has 0 radical (unpaired) electrons. The number of fused-ring (bicyclic) bond motifs is 1. The molecule has 5 rings (SSSR count). The minimum Gasteiger partial charge on any atom is -0.378 e. The van der Waals surface area contributed by atoms with Gasteiger partial charge in [-0.2, -0.15) is 0 Å². The number of anilines is 1. The highest BCUT2D eigenvalue weighted by Gasteiger charge is 2.19. The van der Waals surface area contributed by atoms with Crippen LogP contribution in [0.5, 0.6) is 0 Å². The molecule has 2 aromatic heterocycles. The van der Waals surface area contributed by atoms with Crippen molar-refractivity contribution in [2.75, 3.05) is 31.2 Å². The maximum absolute atomic E-state index is 6.67. The van der Waals surface area contributed by atoms with Crippen molar-refractivity contribution in [3.63, 3.8) is 0 Å². The summed E-state index contributed by atoms with van der Waals surface area (Å²) in [5.74, 6) is 0.985. The first-order chi connectivity index (χ1) is 14.8. The van der Waals surface area contributed by atoms with E-state index in [2.05, 4.69) is 34.3 Å². The molecule has 0 aliphatic carbocycles. The second-order valence-electron chi connectivity index (χ2n) is 7.51. The summed E-state index contributed by atoms with van der Waals surface area (Å²) in [6, 6.07) is 22.0. The molecule has 1 atom stereocenters. The van der Waals surface area contributed by atoms with Gasteiger partial charge in [0.05, 0.1) is 13.2 Å². The van der Waals surface area contributed by atoms with Crippen molar-refractivity contribution in [1.29, 1.82) is 0 Å². The quantitative estimate of drug-likeness (QED) is 0.500. The Bertz CT molecular complexity index is 1160. The van der Waals surface area contributed by atoms with Crippen molar-refractivity contribution in [1.82, 2.24) is 10.1 Å². The van der Waals surface area contributed by atoms with E-state index in [1.165, 1.54) is 0 Å². The van der Waals surface area contributed by atoms with Crippen LogP contribution in [0.1, 0.15) is 17.3 Å². The zero-order valence-electron chi connectivity index (χ0n) is 17.1. The first kappa shape index (κ1) is 21.3. The number of morpholine rings is 1. The highest BCUT2D eigenvalue weighted by Crippen LogP contribution is 2.33. The molecule has 3 heterocycles. The lowest BCUT2D eigenvalue weighted by Crippen LogP contribution is -2.36. The van der Waals surface area contributed by atoms with E-state index in [4.69, 9.17) is 20.0 Å². The number of aromatic nitrogens is 2. The number of hydrogen-bond acceptors (Lipinski definition) is 6. The molecule has 0 saturated carbocycles. The van der Waals surface area contributed by atoms with E-state index in [0.717, 1.165) is 65.6 Å². The molecule has 1 saturated heterocycles. The molecule has 2 aromatic carbocycles. The minimum atomic E-state index is -0.205. The van der Waals surface area contributed by atoms with Crippen LogP contribution in [0.2, 0.25) is 0 Å². The van der Waals surface area contributed by atoms with E-state index in [1.54, 1.807) is 0 Å². The molecule has 0 unspecified atom stereocenters. The highest BCUT2D eigenvalue weighted by atomic mass is 35.5. The summed E-state index contributed by atoms with van der Waals surface area (Å²) in [7, 11) is 0. The van der Waals surface area contributed by atoms with Crippen molar-refractivity contribution >= 4 is 29.2 Å². The minimum absolute atomic E-state index is 0. The zero-order chi connectivity index (χ0) is 20.3. The normalized spacial score (nSPS) is 14.9. The highest BCUT2D eigenvalue weighted by molar-refractivity contribution is 5.92. The molecule has 7 heteroatoms. The van der Waals surface area contributed by atoms with Gasteiger partial charge in [-0.15, -0.1) is 12.4 Å². The average molecular weight is 437 g/mol. The Kier molecular flexibility index (Phi) is 6.51. The van der Waals surface area contributed by atoms with Gasteiger partial charge in [0.25, 0.3) is 0 Å². The summed E-state index contributed by atoms with van der Waals surface area (Å²) in [4.78, 5) is 7.12. The summed E-state index contributed by atoms with van der Waals surface area (Å²) >= 11 is 0. The van der Waals surface area contributed by atoms with Gasteiger partial charge in [-0.1, -0.05) is 47.6 Å². The Morgan fingerprint density at radius 3 is 2.58 bits per heavy atom. The summed E-state index contributed by atoms with van der Waals surface area (Å²) in [6.07, 6.45) is 0.644. The standard InChI is InChI=1S/C24H24N4O2.ClH/c25-21(16-17-6-5-11-23(26-17)28-12-14-29-15-13-28)18-7-1-2-8-19(18)24-20-9-3-4-10-22(20)30-27-24;/h1-11,21H,12-16,25H2;1H/t21-;/m0./s1. The van der Waals surface area contributed by atoms with E-state index in [-0.39, 0.29) is 18.4 Å². The van der Waals surface area contributed by atoms with Crippen LogP contribution in [0, 0.1) is 0 Å². The second-order valence-corrected chi connectivity index (χ2v) is 7.51. The van der Waals surface area contributed by atoms with Crippen LogP contribution in [0.4, 0.5) is 5.82 Å². The number of pyridine rings is 1. The lowest BCUT2D eigenvalue weighted by Gasteiger charge is -2.28. The average Bonchev–Trinajstić information content (AvgIpc) is 3.24. The number of benzene rings is 2. The third kappa shape index (κ3) is 4.42. The summed E-state index contributed by atoms with van der Waals surface area (Å²) in [6.45, 7) is 3.21. The van der Waals surface area contributed by atoms with Crippen molar-refractivity contribution < 1.29 is 9.26 Å². The van der Waals surface area contributed by atoms with E-state index in [9.17, 15) is 0 Å². The SMILES string of the molecule is Cl.N[C@@H](Cc1cccc(N2CCOCC2)n1)c1ccccc1-c1noc2ccccc12. The lowest BCUT2D eigenvalue weighted by molar-refractivity contribution is 0.122. The van der Waals surface area contributed by atoms with Gasteiger partial charge in [0.1, 0.15) is 11.5 Å². The summed E-state index contributed by atoms with van der Waals surface area (Å²) in [5.41, 5.74) is 11.3. The molecule has 0 spiro atoms. The van der Waals surface area contributed by atoms with Gasteiger partial charge >= 0.3 is 0 Å². The predicted octanol–water partition coefficient (Wildman–Crippen LogP) is 4.39. The fourth-order valence-electron chi connectivity index (χ4n) is 4.00. The molecule has 6 nitrogen and oxygen atoms in total. The Labute approximate surface area is 187 Å². The van der Waals surface area contributed by atoms with E-state index < -0.39 is 0 Å². The fourth-order valence-corrected chi connectivity index (χ4v) is 4.00. The topological polar surface area (TPSA) is 77.4 Å². The molecule has 31 heavy (non-hydrogen) atoms. The Balaban J connectivity index is 0.00000231. The van der Waals surface area contributed by atoms with Gasteiger partial charge in [-0.3, -0.25) is 0 Å². The number of halogens is 1. The fraction of sp³-hybridized carbons (Fsp3) is 0.250. The van der Waals surface area contributed by atoms with Gasteiger partial charge in [-0.25, -0.2) is 4.98 Å². The third-order valence-corrected chi connectivity index (χ3v) is 5.55. The molecule has 2 N–H and O–H groups in total. The lowest BCUT2D eigenvalue weighted by atomic mass is 9.94. The number of ether oxygens (including phenoxy) is 1. The van der Waals surface area contributed by atoms with Crippen LogP contribution in [-0.4, -0.2) is 36.4 Å². The van der Waals surface area contributed by atoms with E-state index >= 15 is 0 Å². The van der Waals surface area contributed by atoms with Crippen LogP contribution >= 0.6 is 12.4 Å². The van der Waals surface area contributed by atoms with E-state index in [0.29, 0.717) is 6.42 Å². The van der Waals surface area contributed by atoms with Crippen LogP contribution < -0.4 is 10.6 Å². The molecule has 0 bridgehead atoms. The van der Waals surface area contributed by atoms with Crippen LogP contribution in [-0.2, 0) is 11.2 Å². The van der Waals surface area contributed by atoms with Gasteiger partial charge in [0.2, 0.25) is 0 Å². The van der Waals surface area contributed by atoms with Crippen LogP contribution in [0.3, 0.4) is 0 Å². The molecule has 1 aliphatic rings. The van der Waals surface area contributed by atoms with E-state index in [1.807, 2.05) is 42.5 Å². The smallest absolute Gasteiger partial charge is 0.167 e. The molecule has 0 amide bonds. The maximum Gasteiger partial charge on any atom is 0.167 e.